The fourth-order valence-corrected chi connectivity index (χ4v) is 1.45. The van der Waals surface area contributed by atoms with Crippen molar-refractivity contribution in [2.45, 2.75) is 27.3 Å². The molecule has 0 saturated heterocycles. The van der Waals surface area contributed by atoms with Crippen LogP contribution in [0.1, 0.15) is 36.7 Å². The Balaban J connectivity index is 2.39. The molecule has 6 nitrogen and oxygen atoms in total. The Morgan fingerprint density at radius 3 is 2.10 bits per heavy atom. The standard InChI is InChI=1S/C15H20N2O4/c1-15(2,3)14(21)17-9-12(18)16-8-10-4-6-11(7-5-10)13(19)20/h4-7H,8-9H2,1-3H3,(H,16,18)(H,17,21)(H,19,20). The van der Waals surface area contributed by atoms with Gasteiger partial charge in [0.05, 0.1) is 12.1 Å². The number of carboxylic acid groups (broad SMARTS) is 1. The van der Waals surface area contributed by atoms with E-state index in [0.29, 0.717) is 0 Å². The second kappa shape index (κ2) is 6.88. The molecule has 0 atom stereocenters. The van der Waals surface area contributed by atoms with E-state index in [9.17, 15) is 14.4 Å². The summed E-state index contributed by atoms with van der Waals surface area (Å²) in [6, 6.07) is 6.23. The first-order valence-corrected chi connectivity index (χ1v) is 6.57. The number of carboxylic acids is 1. The Morgan fingerprint density at radius 1 is 1.05 bits per heavy atom. The molecule has 1 rings (SSSR count). The van der Waals surface area contributed by atoms with Gasteiger partial charge in [-0.05, 0) is 17.7 Å². The van der Waals surface area contributed by atoms with Crippen molar-refractivity contribution in [1.29, 1.82) is 0 Å². The van der Waals surface area contributed by atoms with Gasteiger partial charge in [-0.3, -0.25) is 9.59 Å². The molecule has 114 valence electrons. The van der Waals surface area contributed by atoms with Crippen LogP contribution in [0.15, 0.2) is 24.3 Å². The lowest BCUT2D eigenvalue weighted by atomic mass is 9.96. The van der Waals surface area contributed by atoms with Crippen LogP contribution in [0.5, 0.6) is 0 Å². The predicted molar refractivity (Wildman–Crippen MR) is 77.7 cm³/mol. The minimum Gasteiger partial charge on any atom is -0.478 e. The van der Waals surface area contributed by atoms with Crippen LogP contribution < -0.4 is 10.6 Å². The van der Waals surface area contributed by atoms with Crippen molar-refractivity contribution in [1.82, 2.24) is 10.6 Å². The highest BCUT2D eigenvalue weighted by molar-refractivity contribution is 5.88. The molecule has 0 aromatic heterocycles. The molecule has 0 spiro atoms. The smallest absolute Gasteiger partial charge is 0.335 e. The molecule has 0 radical (unpaired) electrons. The minimum atomic E-state index is -0.990. The lowest BCUT2D eigenvalue weighted by Gasteiger charge is -2.17. The molecule has 0 saturated carbocycles. The Morgan fingerprint density at radius 2 is 1.62 bits per heavy atom. The fourth-order valence-electron chi connectivity index (χ4n) is 1.45. The summed E-state index contributed by atoms with van der Waals surface area (Å²) >= 11 is 0. The third-order valence-electron chi connectivity index (χ3n) is 2.78. The van der Waals surface area contributed by atoms with Crippen molar-refractivity contribution in [2.75, 3.05) is 6.54 Å². The van der Waals surface area contributed by atoms with Gasteiger partial charge in [0.2, 0.25) is 11.8 Å². The molecule has 6 heteroatoms. The molecule has 0 unspecified atom stereocenters. The molecule has 0 aliphatic rings. The molecular weight excluding hydrogens is 272 g/mol. The Bertz CT molecular complexity index is 530. The average Bonchev–Trinajstić information content (AvgIpc) is 2.41. The zero-order valence-electron chi connectivity index (χ0n) is 12.4. The van der Waals surface area contributed by atoms with Crippen LogP contribution >= 0.6 is 0 Å². The van der Waals surface area contributed by atoms with Crippen molar-refractivity contribution in [3.05, 3.63) is 35.4 Å². The normalized spacial score (nSPS) is 10.8. The number of benzene rings is 1. The quantitative estimate of drug-likeness (QED) is 0.759. The third-order valence-corrected chi connectivity index (χ3v) is 2.78. The number of hydrogen-bond donors (Lipinski definition) is 3. The van der Waals surface area contributed by atoms with Crippen LogP contribution in [0, 0.1) is 5.41 Å². The Labute approximate surface area is 123 Å². The maximum Gasteiger partial charge on any atom is 0.335 e. The van der Waals surface area contributed by atoms with E-state index in [-0.39, 0.29) is 30.5 Å². The van der Waals surface area contributed by atoms with E-state index in [1.54, 1.807) is 32.9 Å². The number of aromatic carboxylic acids is 1. The highest BCUT2D eigenvalue weighted by Crippen LogP contribution is 2.11. The van der Waals surface area contributed by atoms with Crippen molar-refractivity contribution in [2.24, 2.45) is 5.41 Å². The van der Waals surface area contributed by atoms with Gasteiger partial charge in [0, 0.05) is 12.0 Å². The second-order valence-corrected chi connectivity index (χ2v) is 5.71. The highest BCUT2D eigenvalue weighted by atomic mass is 16.4. The van der Waals surface area contributed by atoms with Gasteiger partial charge in [-0.1, -0.05) is 32.9 Å². The van der Waals surface area contributed by atoms with Crippen LogP contribution in [0.4, 0.5) is 0 Å². The van der Waals surface area contributed by atoms with E-state index in [4.69, 9.17) is 5.11 Å². The van der Waals surface area contributed by atoms with Crippen LogP contribution in [0.3, 0.4) is 0 Å². The van der Waals surface area contributed by atoms with Gasteiger partial charge in [0.1, 0.15) is 0 Å². The molecule has 3 N–H and O–H groups in total. The number of carbonyl (C=O) groups is 3. The molecule has 0 aliphatic carbocycles. The van der Waals surface area contributed by atoms with Crippen molar-refractivity contribution < 1.29 is 19.5 Å². The molecule has 0 heterocycles. The Hall–Kier alpha value is -2.37. The van der Waals surface area contributed by atoms with Gasteiger partial charge in [0.15, 0.2) is 0 Å². The summed E-state index contributed by atoms with van der Waals surface area (Å²) in [5.74, 6) is -1.48. The van der Waals surface area contributed by atoms with Crippen LogP contribution in [0.2, 0.25) is 0 Å². The lowest BCUT2D eigenvalue weighted by molar-refractivity contribution is -0.131. The Kier molecular flexibility index (Phi) is 5.46. The van der Waals surface area contributed by atoms with E-state index in [0.717, 1.165) is 5.56 Å². The number of nitrogens with one attached hydrogen (secondary N) is 2. The van der Waals surface area contributed by atoms with Gasteiger partial charge < -0.3 is 15.7 Å². The maximum absolute atomic E-state index is 11.6. The minimum absolute atomic E-state index is 0.0800. The summed E-state index contributed by atoms with van der Waals surface area (Å²) in [7, 11) is 0. The first kappa shape index (κ1) is 16.7. The topological polar surface area (TPSA) is 95.5 Å². The van der Waals surface area contributed by atoms with E-state index < -0.39 is 11.4 Å². The number of hydrogen-bond acceptors (Lipinski definition) is 3. The largest absolute Gasteiger partial charge is 0.478 e. The van der Waals surface area contributed by atoms with Gasteiger partial charge in [0.25, 0.3) is 0 Å². The van der Waals surface area contributed by atoms with E-state index >= 15 is 0 Å². The van der Waals surface area contributed by atoms with Crippen molar-refractivity contribution in [3.63, 3.8) is 0 Å². The van der Waals surface area contributed by atoms with Crippen molar-refractivity contribution >= 4 is 17.8 Å². The van der Waals surface area contributed by atoms with E-state index in [2.05, 4.69) is 10.6 Å². The summed E-state index contributed by atoms with van der Waals surface area (Å²) in [6.07, 6.45) is 0. The zero-order valence-corrected chi connectivity index (χ0v) is 12.4. The first-order valence-electron chi connectivity index (χ1n) is 6.57. The molecule has 1 aromatic carbocycles. The highest BCUT2D eigenvalue weighted by Gasteiger charge is 2.21. The molecule has 0 bridgehead atoms. The van der Waals surface area contributed by atoms with E-state index in [1.165, 1.54) is 12.1 Å². The molecule has 21 heavy (non-hydrogen) atoms. The number of amides is 2. The van der Waals surface area contributed by atoms with Gasteiger partial charge in [-0.25, -0.2) is 4.79 Å². The lowest BCUT2D eigenvalue weighted by Crippen LogP contribution is -2.41. The summed E-state index contributed by atoms with van der Waals surface area (Å²) in [5, 5.41) is 14.0. The van der Waals surface area contributed by atoms with Gasteiger partial charge in [-0.15, -0.1) is 0 Å². The fraction of sp³-hybridized carbons (Fsp3) is 0.400. The first-order chi connectivity index (χ1) is 9.70. The van der Waals surface area contributed by atoms with Crippen LogP contribution in [-0.4, -0.2) is 29.4 Å². The number of rotatable bonds is 5. The molecule has 0 fully saturated rings. The number of carbonyl (C=O) groups excluding carboxylic acids is 2. The summed E-state index contributed by atoms with van der Waals surface area (Å²) in [6.45, 7) is 5.51. The monoisotopic (exact) mass is 292 g/mol. The second-order valence-electron chi connectivity index (χ2n) is 5.71. The molecular formula is C15H20N2O4. The van der Waals surface area contributed by atoms with Gasteiger partial charge in [-0.2, -0.15) is 0 Å². The van der Waals surface area contributed by atoms with Gasteiger partial charge >= 0.3 is 5.97 Å². The zero-order chi connectivity index (χ0) is 16.0. The van der Waals surface area contributed by atoms with Crippen LogP contribution in [-0.2, 0) is 16.1 Å². The SMILES string of the molecule is CC(C)(C)C(=O)NCC(=O)NCc1ccc(C(=O)O)cc1. The summed E-state index contributed by atoms with van der Waals surface area (Å²) < 4.78 is 0. The van der Waals surface area contributed by atoms with Crippen LogP contribution in [0.25, 0.3) is 0 Å². The average molecular weight is 292 g/mol. The molecule has 0 aliphatic heterocycles. The van der Waals surface area contributed by atoms with E-state index in [1.807, 2.05) is 0 Å². The predicted octanol–water partition coefficient (Wildman–Crippen LogP) is 1.16. The maximum atomic E-state index is 11.6. The molecule has 2 amide bonds. The summed E-state index contributed by atoms with van der Waals surface area (Å²) in [4.78, 5) is 33.9. The van der Waals surface area contributed by atoms with Crippen molar-refractivity contribution in [3.8, 4) is 0 Å². The third kappa shape index (κ3) is 5.64. The summed E-state index contributed by atoms with van der Waals surface area (Å²) in [5.41, 5.74) is 0.449. The molecule has 1 aromatic rings.